The molecular formula is C27H40N4O2. The summed E-state index contributed by atoms with van der Waals surface area (Å²) in [6.45, 7) is 3.84. The van der Waals surface area contributed by atoms with Gasteiger partial charge in [0.2, 0.25) is 0 Å². The van der Waals surface area contributed by atoms with Crippen LogP contribution < -0.4 is 14.8 Å². The molecule has 6 heteroatoms. The van der Waals surface area contributed by atoms with Crippen molar-refractivity contribution < 1.29 is 9.47 Å². The molecule has 1 aromatic carbocycles. The van der Waals surface area contributed by atoms with Gasteiger partial charge >= 0.3 is 0 Å². The Labute approximate surface area is 198 Å². The summed E-state index contributed by atoms with van der Waals surface area (Å²) >= 11 is 0. The fourth-order valence-corrected chi connectivity index (χ4v) is 6.16. The molecule has 4 aliphatic rings. The zero-order chi connectivity index (χ0) is 22.6. The molecule has 2 unspecified atom stereocenters. The molecule has 0 radical (unpaired) electrons. The number of nitrogens with one attached hydrogen (secondary N) is 1. The van der Waals surface area contributed by atoms with E-state index >= 15 is 0 Å². The molecule has 0 spiro atoms. The molecule has 6 nitrogen and oxygen atoms in total. The van der Waals surface area contributed by atoms with Crippen molar-refractivity contribution in [1.29, 1.82) is 0 Å². The number of aromatic nitrogens is 2. The lowest BCUT2D eigenvalue weighted by molar-refractivity contribution is 0.119. The van der Waals surface area contributed by atoms with E-state index in [0.29, 0.717) is 0 Å². The predicted octanol–water partition coefficient (Wildman–Crippen LogP) is 4.66. The fraction of sp³-hybridized carbons (Fsp3) is 0.667. The number of rotatable bonds is 4. The second-order valence-corrected chi connectivity index (χ2v) is 10.1. The molecule has 0 amide bonds. The highest BCUT2D eigenvalue weighted by molar-refractivity contribution is 5.63. The molecule has 33 heavy (non-hydrogen) atoms. The van der Waals surface area contributed by atoms with Crippen LogP contribution in [0.1, 0.15) is 63.6 Å². The van der Waals surface area contributed by atoms with Gasteiger partial charge in [-0.3, -0.25) is 0 Å². The summed E-state index contributed by atoms with van der Waals surface area (Å²) in [5.41, 5.74) is 2.08. The molecule has 2 bridgehead atoms. The first-order valence-electron chi connectivity index (χ1n) is 13.0. The van der Waals surface area contributed by atoms with Gasteiger partial charge in [0, 0.05) is 42.9 Å². The molecule has 1 aromatic heterocycles. The number of imidazole rings is 1. The number of nitrogens with zero attached hydrogens (tertiary/aromatic N) is 3. The molecule has 0 aliphatic carbocycles. The lowest BCUT2D eigenvalue weighted by Gasteiger charge is -2.39. The SMILES string of the molecule is C1CCN(C2CC3CCC(C2)N3)CC1.COc1ccc(-c2cn3c(n2)CCCC3)cc1OC. The van der Waals surface area contributed by atoms with Crippen LogP contribution in [0.4, 0.5) is 0 Å². The third-order valence-electron chi connectivity index (χ3n) is 7.94. The fourth-order valence-electron chi connectivity index (χ4n) is 6.16. The van der Waals surface area contributed by atoms with Gasteiger partial charge in [0.25, 0.3) is 0 Å². The van der Waals surface area contributed by atoms with Crippen molar-refractivity contribution in [2.24, 2.45) is 0 Å². The Morgan fingerprint density at radius 3 is 2.30 bits per heavy atom. The Balaban J connectivity index is 0.000000144. The van der Waals surface area contributed by atoms with Gasteiger partial charge in [-0.15, -0.1) is 0 Å². The van der Waals surface area contributed by atoms with Crippen LogP contribution in [0.15, 0.2) is 24.4 Å². The van der Waals surface area contributed by atoms with E-state index in [-0.39, 0.29) is 0 Å². The van der Waals surface area contributed by atoms with E-state index in [0.717, 1.165) is 53.8 Å². The highest BCUT2D eigenvalue weighted by atomic mass is 16.5. The van der Waals surface area contributed by atoms with Crippen molar-refractivity contribution in [2.45, 2.75) is 88.9 Å². The standard InChI is InChI=1S/C15H18N2O2.C12H22N2/c1-18-13-7-6-11(9-14(13)19-2)12-10-17-8-4-3-5-15(17)16-12;1-2-6-14(7-3-1)12-8-10-4-5-11(9-12)13-10/h6-7,9-10H,3-5,8H2,1-2H3;10-13H,1-9H2. The Kier molecular flexibility index (Phi) is 7.21. The van der Waals surface area contributed by atoms with Crippen molar-refractivity contribution in [3.63, 3.8) is 0 Å². The van der Waals surface area contributed by atoms with Crippen LogP contribution in [0, 0.1) is 0 Å². The molecule has 1 N–H and O–H groups in total. The number of piperidine rings is 2. The summed E-state index contributed by atoms with van der Waals surface area (Å²) < 4.78 is 12.9. The quantitative estimate of drug-likeness (QED) is 0.731. The van der Waals surface area contributed by atoms with Gasteiger partial charge in [-0.25, -0.2) is 4.98 Å². The minimum Gasteiger partial charge on any atom is -0.493 e. The number of hydrogen-bond donors (Lipinski definition) is 1. The van der Waals surface area contributed by atoms with Gasteiger partial charge in [0.05, 0.1) is 19.9 Å². The zero-order valence-corrected chi connectivity index (χ0v) is 20.4. The molecular weight excluding hydrogens is 412 g/mol. The number of fused-ring (bicyclic) bond motifs is 3. The summed E-state index contributed by atoms with van der Waals surface area (Å²) in [7, 11) is 3.30. The topological polar surface area (TPSA) is 51.5 Å². The minimum absolute atomic E-state index is 0.742. The normalized spacial score (nSPS) is 26.8. The Hall–Kier alpha value is -2.05. The van der Waals surface area contributed by atoms with Crippen molar-refractivity contribution in [3.05, 3.63) is 30.2 Å². The number of benzene rings is 1. The van der Waals surface area contributed by atoms with Crippen LogP contribution in [0.5, 0.6) is 11.5 Å². The van der Waals surface area contributed by atoms with Gasteiger partial charge in [0.15, 0.2) is 11.5 Å². The van der Waals surface area contributed by atoms with Gasteiger partial charge in [-0.1, -0.05) is 6.42 Å². The smallest absolute Gasteiger partial charge is 0.161 e. The molecule has 4 aliphatic heterocycles. The van der Waals surface area contributed by atoms with E-state index in [4.69, 9.17) is 14.5 Å². The molecule has 2 aromatic rings. The molecule has 3 fully saturated rings. The van der Waals surface area contributed by atoms with Crippen LogP contribution in [0.25, 0.3) is 11.3 Å². The second kappa shape index (κ2) is 10.5. The van der Waals surface area contributed by atoms with E-state index in [2.05, 4.69) is 21.0 Å². The predicted molar refractivity (Wildman–Crippen MR) is 132 cm³/mol. The van der Waals surface area contributed by atoms with Crippen LogP contribution in [-0.4, -0.2) is 59.9 Å². The van der Waals surface area contributed by atoms with Crippen LogP contribution in [-0.2, 0) is 13.0 Å². The summed E-state index contributed by atoms with van der Waals surface area (Å²) in [6.07, 6.45) is 15.8. The first-order valence-corrected chi connectivity index (χ1v) is 13.0. The summed E-state index contributed by atoms with van der Waals surface area (Å²) in [4.78, 5) is 7.49. The Bertz CT molecular complexity index is 885. The van der Waals surface area contributed by atoms with Gasteiger partial charge < -0.3 is 24.3 Å². The lowest BCUT2D eigenvalue weighted by Crippen LogP contribution is -2.49. The highest BCUT2D eigenvalue weighted by Gasteiger charge is 2.36. The Morgan fingerprint density at radius 1 is 0.879 bits per heavy atom. The summed E-state index contributed by atoms with van der Waals surface area (Å²) in [6, 6.07) is 8.57. The maximum Gasteiger partial charge on any atom is 0.161 e. The minimum atomic E-state index is 0.742. The molecule has 0 saturated carbocycles. The lowest BCUT2D eigenvalue weighted by atomic mass is 9.96. The monoisotopic (exact) mass is 452 g/mol. The number of methoxy groups -OCH3 is 2. The number of likely N-dealkylation sites (tertiary alicyclic amines) is 1. The summed E-state index contributed by atoms with van der Waals surface area (Å²) in [5, 5.41) is 3.73. The number of ether oxygens (including phenoxy) is 2. The zero-order valence-electron chi connectivity index (χ0n) is 20.4. The third-order valence-corrected chi connectivity index (χ3v) is 7.94. The van der Waals surface area contributed by atoms with E-state index in [9.17, 15) is 0 Å². The first kappa shape index (κ1) is 22.7. The first-order chi connectivity index (χ1) is 16.2. The largest absolute Gasteiger partial charge is 0.493 e. The number of aryl methyl sites for hydroxylation is 2. The second-order valence-electron chi connectivity index (χ2n) is 10.1. The summed E-state index contributed by atoms with van der Waals surface area (Å²) in [5.74, 6) is 2.68. The number of hydrogen-bond acceptors (Lipinski definition) is 5. The van der Waals surface area contributed by atoms with Crippen molar-refractivity contribution in [3.8, 4) is 22.8 Å². The van der Waals surface area contributed by atoms with Crippen LogP contribution in [0.2, 0.25) is 0 Å². The maximum absolute atomic E-state index is 5.34. The molecule has 2 atom stereocenters. The average Bonchev–Trinajstić information content (AvgIpc) is 3.46. The van der Waals surface area contributed by atoms with E-state index in [1.54, 1.807) is 14.2 Å². The van der Waals surface area contributed by atoms with E-state index < -0.39 is 0 Å². The van der Waals surface area contributed by atoms with Crippen molar-refractivity contribution in [2.75, 3.05) is 27.3 Å². The third kappa shape index (κ3) is 5.22. The molecule has 6 rings (SSSR count). The van der Waals surface area contributed by atoms with Gasteiger partial charge in [-0.05, 0) is 82.7 Å². The Morgan fingerprint density at radius 2 is 1.61 bits per heavy atom. The van der Waals surface area contributed by atoms with Crippen molar-refractivity contribution >= 4 is 0 Å². The van der Waals surface area contributed by atoms with E-state index in [1.807, 2.05) is 18.2 Å². The van der Waals surface area contributed by atoms with E-state index in [1.165, 1.54) is 76.7 Å². The van der Waals surface area contributed by atoms with Gasteiger partial charge in [-0.2, -0.15) is 0 Å². The van der Waals surface area contributed by atoms with Crippen molar-refractivity contribution in [1.82, 2.24) is 19.8 Å². The van der Waals surface area contributed by atoms with Crippen LogP contribution in [0.3, 0.4) is 0 Å². The maximum atomic E-state index is 5.34. The van der Waals surface area contributed by atoms with Gasteiger partial charge in [0.1, 0.15) is 5.82 Å². The van der Waals surface area contributed by atoms with Crippen LogP contribution >= 0.6 is 0 Å². The average molecular weight is 453 g/mol. The molecule has 180 valence electrons. The highest BCUT2D eigenvalue weighted by Crippen LogP contribution is 2.33. The molecule has 5 heterocycles. The molecule has 3 saturated heterocycles.